The maximum absolute atomic E-state index is 11.4. The van der Waals surface area contributed by atoms with Crippen molar-refractivity contribution in [1.29, 1.82) is 0 Å². The van der Waals surface area contributed by atoms with E-state index >= 15 is 0 Å². The standard InChI is InChI=1S/C12H15BrO3/c1-4-5-6-7-8-12(2)10(15-3)9(13)11(14)16-12/h5-8H,4H2,1-3H3/b6-5+,8-7+. The lowest BCUT2D eigenvalue weighted by molar-refractivity contribution is -0.143. The summed E-state index contributed by atoms with van der Waals surface area (Å²) >= 11 is 3.16. The van der Waals surface area contributed by atoms with Crippen LogP contribution in [0.25, 0.3) is 0 Å². The molecule has 0 radical (unpaired) electrons. The van der Waals surface area contributed by atoms with Crippen LogP contribution in [0.2, 0.25) is 0 Å². The lowest BCUT2D eigenvalue weighted by Crippen LogP contribution is -2.25. The van der Waals surface area contributed by atoms with E-state index in [2.05, 4.69) is 22.9 Å². The van der Waals surface area contributed by atoms with Crippen molar-refractivity contribution in [1.82, 2.24) is 0 Å². The van der Waals surface area contributed by atoms with E-state index in [4.69, 9.17) is 9.47 Å². The Morgan fingerprint density at radius 3 is 2.75 bits per heavy atom. The summed E-state index contributed by atoms with van der Waals surface area (Å²) in [5.74, 6) is 0.0992. The molecule has 0 aromatic rings. The number of carbonyl (C=O) groups is 1. The van der Waals surface area contributed by atoms with Crippen LogP contribution < -0.4 is 0 Å². The molecular formula is C12H15BrO3. The highest BCUT2D eigenvalue weighted by molar-refractivity contribution is 9.12. The van der Waals surface area contributed by atoms with Gasteiger partial charge < -0.3 is 9.47 Å². The van der Waals surface area contributed by atoms with Gasteiger partial charge in [0.1, 0.15) is 4.48 Å². The first-order valence-electron chi connectivity index (χ1n) is 5.07. The minimum Gasteiger partial charge on any atom is -0.495 e. The van der Waals surface area contributed by atoms with Crippen molar-refractivity contribution < 1.29 is 14.3 Å². The summed E-state index contributed by atoms with van der Waals surface area (Å²) in [4.78, 5) is 11.4. The molecule has 1 aliphatic rings. The second-order valence-electron chi connectivity index (χ2n) is 3.54. The Hall–Kier alpha value is -1.03. The highest BCUT2D eigenvalue weighted by Gasteiger charge is 2.42. The molecule has 0 fully saturated rings. The maximum Gasteiger partial charge on any atom is 0.350 e. The van der Waals surface area contributed by atoms with Crippen molar-refractivity contribution in [2.45, 2.75) is 25.9 Å². The zero-order chi connectivity index (χ0) is 12.2. The number of esters is 1. The van der Waals surface area contributed by atoms with Gasteiger partial charge in [-0.3, -0.25) is 0 Å². The van der Waals surface area contributed by atoms with Crippen LogP contribution in [-0.2, 0) is 14.3 Å². The summed E-state index contributed by atoms with van der Waals surface area (Å²) in [5.41, 5.74) is -0.817. The molecule has 1 unspecified atom stereocenters. The molecule has 1 rings (SSSR count). The highest BCUT2D eigenvalue weighted by atomic mass is 79.9. The Morgan fingerprint density at radius 2 is 2.19 bits per heavy atom. The molecule has 16 heavy (non-hydrogen) atoms. The topological polar surface area (TPSA) is 35.5 Å². The van der Waals surface area contributed by atoms with Gasteiger partial charge in [-0.2, -0.15) is 0 Å². The fourth-order valence-corrected chi connectivity index (χ4v) is 2.09. The number of methoxy groups -OCH3 is 1. The Labute approximate surface area is 104 Å². The molecule has 0 bridgehead atoms. The first-order chi connectivity index (χ1) is 7.55. The minimum absolute atomic E-state index is 0.349. The lowest BCUT2D eigenvalue weighted by Gasteiger charge is -2.20. The number of carbonyl (C=O) groups excluding carboxylic acids is 1. The van der Waals surface area contributed by atoms with E-state index in [1.807, 2.05) is 18.2 Å². The van der Waals surface area contributed by atoms with E-state index in [-0.39, 0.29) is 0 Å². The summed E-state index contributed by atoms with van der Waals surface area (Å²) in [6.07, 6.45) is 8.55. The molecular weight excluding hydrogens is 272 g/mol. The number of hydrogen-bond donors (Lipinski definition) is 0. The minimum atomic E-state index is -0.817. The monoisotopic (exact) mass is 286 g/mol. The fraction of sp³-hybridized carbons (Fsp3) is 0.417. The Kier molecular flexibility index (Phi) is 4.35. The highest BCUT2D eigenvalue weighted by Crippen LogP contribution is 2.36. The number of ether oxygens (including phenoxy) is 2. The number of allylic oxidation sites excluding steroid dienone is 3. The molecule has 0 aromatic heterocycles. The summed E-state index contributed by atoms with van der Waals surface area (Å²) in [6, 6.07) is 0. The van der Waals surface area contributed by atoms with Crippen LogP contribution in [0.15, 0.2) is 34.5 Å². The second-order valence-corrected chi connectivity index (χ2v) is 4.33. The molecule has 3 nitrogen and oxygen atoms in total. The van der Waals surface area contributed by atoms with E-state index in [1.165, 1.54) is 7.11 Å². The average molecular weight is 287 g/mol. The van der Waals surface area contributed by atoms with Gasteiger partial charge in [0.05, 0.1) is 7.11 Å². The number of hydrogen-bond acceptors (Lipinski definition) is 3. The third-order valence-electron chi connectivity index (χ3n) is 2.24. The van der Waals surface area contributed by atoms with Gasteiger partial charge in [-0.1, -0.05) is 25.2 Å². The molecule has 1 heterocycles. The average Bonchev–Trinajstić information content (AvgIpc) is 2.45. The molecule has 1 aliphatic heterocycles. The van der Waals surface area contributed by atoms with E-state index < -0.39 is 11.6 Å². The van der Waals surface area contributed by atoms with Crippen LogP contribution in [0, 0.1) is 0 Å². The molecule has 0 saturated carbocycles. The quantitative estimate of drug-likeness (QED) is 0.589. The van der Waals surface area contributed by atoms with Gasteiger partial charge in [-0.05, 0) is 35.4 Å². The first kappa shape index (κ1) is 13.0. The van der Waals surface area contributed by atoms with E-state index in [9.17, 15) is 4.79 Å². The predicted octanol–water partition coefficient (Wildman–Crippen LogP) is 3.08. The molecule has 0 aromatic carbocycles. The third-order valence-corrected chi connectivity index (χ3v) is 2.92. The zero-order valence-corrected chi connectivity index (χ0v) is 11.2. The van der Waals surface area contributed by atoms with E-state index in [1.54, 1.807) is 13.0 Å². The predicted molar refractivity (Wildman–Crippen MR) is 66.0 cm³/mol. The van der Waals surface area contributed by atoms with E-state index in [0.29, 0.717) is 10.2 Å². The van der Waals surface area contributed by atoms with Gasteiger partial charge in [0.2, 0.25) is 0 Å². The van der Waals surface area contributed by atoms with Crippen LogP contribution in [0.5, 0.6) is 0 Å². The Morgan fingerprint density at radius 1 is 1.50 bits per heavy atom. The number of halogens is 1. The fourth-order valence-electron chi connectivity index (χ4n) is 1.45. The van der Waals surface area contributed by atoms with Crippen molar-refractivity contribution >= 4 is 21.9 Å². The molecule has 1 atom stereocenters. The van der Waals surface area contributed by atoms with Crippen LogP contribution >= 0.6 is 15.9 Å². The second kappa shape index (κ2) is 5.34. The van der Waals surface area contributed by atoms with E-state index in [0.717, 1.165) is 6.42 Å². The van der Waals surface area contributed by atoms with Gasteiger partial charge >= 0.3 is 5.97 Å². The molecule has 0 saturated heterocycles. The van der Waals surface area contributed by atoms with Crippen molar-refractivity contribution in [3.63, 3.8) is 0 Å². The smallest absolute Gasteiger partial charge is 0.350 e. The SMILES string of the molecule is CC/C=C/C=C/C1(C)OC(=O)C(Br)=C1OC. The summed E-state index contributed by atoms with van der Waals surface area (Å²) in [6.45, 7) is 3.84. The molecule has 0 spiro atoms. The molecule has 4 heteroatoms. The van der Waals surface area contributed by atoms with Gasteiger partial charge in [0, 0.05) is 0 Å². The maximum atomic E-state index is 11.4. The van der Waals surface area contributed by atoms with Crippen LogP contribution in [0.3, 0.4) is 0 Å². The molecule has 0 amide bonds. The van der Waals surface area contributed by atoms with Crippen LogP contribution in [0.4, 0.5) is 0 Å². The van der Waals surface area contributed by atoms with Crippen molar-refractivity contribution in [2.24, 2.45) is 0 Å². The van der Waals surface area contributed by atoms with Crippen LogP contribution in [0.1, 0.15) is 20.3 Å². The Balaban J connectivity index is 2.90. The van der Waals surface area contributed by atoms with Crippen molar-refractivity contribution in [2.75, 3.05) is 7.11 Å². The first-order valence-corrected chi connectivity index (χ1v) is 5.86. The lowest BCUT2D eigenvalue weighted by atomic mass is 10.0. The van der Waals surface area contributed by atoms with Crippen LogP contribution in [-0.4, -0.2) is 18.7 Å². The number of cyclic esters (lactones) is 1. The summed E-state index contributed by atoms with van der Waals surface area (Å²) < 4.78 is 10.8. The van der Waals surface area contributed by atoms with Gasteiger partial charge in [0.15, 0.2) is 11.4 Å². The van der Waals surface area contributed by atoms with Gasteiger partial charge in [-0.15, -0.1) is 0 Å². The van der Waals surface area contributed by atoms with Crippen molar-refractivity contribution in [3.05, 3.63) is 34.5 Å². The summed E-state index contributed by atoms with van der Waals surface area (Å²) in [5, 5.41) is 0. The molecule has 88 valence electrons. The Bertz CT molecular complexity index is 368. The third kappa shape index (κ3) is 2.55. The normalized spacial score (nSPS) is 25.9. The zero-order valence-electron chi connectivity index (χ0n) is 9.62. The van der Waals surface area contributed by atoms with Crippen molar-refractivity contribution in [3.8, 4) is 0 Å². The molecule has 0 aliphatic carbocycles. The van der Waals surface area contributed by atoms with Gasteiger partial charge in [-0.25, -0.2) is 4.79 Å². The number of rotatable bonds is 4. The molecule has 0 N–H and O–H groups in total. The van der Waals surface area contributed by atoms with Gasteiger partial charge in [0.25, 0.3) is 0 Å². The largest absolute Gasteiger partial charge is 0.495 e. The summed E-state index contributed by atoms with van der Waals surface area (Å²) in [7, 11) is 1.52.